The van der Waals surface area contributed by atoms with Gasteiger partial charge in [0.05, 0.1) is 19.4 Å². The van der Waals surface area contributed by atoms with Crippen molar-refractivity contribution in [1.29, 1.82) is 0 Å². The molecule has 1 aliphatic rings. The van der Waals surface area contributed by atoms with Gasteiger partial charge in [0.1, 0.15) is 17.1 Å². The van der Waals surface area contributed by atoms with Gasteiger partial charge in [0.15, 0.2) is 0 Å². The average molecular weight is 380 g/mol. The number of nitrogens with one attached hydrogen (secondary N) is 1. The molecule has 4 amide bonds. The van der Waals surface area contributed by atoms with Crippen molar-refractivity contribution in [2.75, 3.05) is 18.6 Å². The highest BCUT2D eigenvalue weighted by molar-refractivity contribution is 6.39. The fourth-order valence-corrected chi connectivity index (χ4v) is 2.72. The number of ether oxygens (including phenoxy) is 2. The van der Waals surface area contributed by atoms with Gasteiger partial charge >= 0.3 is 6.03 Å². The Morgan fingerprint density at radius 3 is 2.50 bits per heavy atom. The molecule has 0 aromatic heterocycles. The van der Waals surface area contributed by atoms with Crippen molar-refractivity contribution in [3.8, 4) is 11.5 Å². The minimum Gasteiger partial charge on any atom is -0.497 e. The molecular formula is C21H20N2O5. The van der Waals surface area contributed by atoms with Crippen LogP contribution in [0.25, 0.3) is 6.08 Å². The Hall–Kier alpha value is -3.61. The van der Waals surface area contributed by atoms with E-state index in [0.717, 1.165) is 11.3 Å². The number of urea groups is 1. The topological polar surface area (TPSA) is 84.9 Å². The van der Waals surface area contributed by atoms with Crippen LogP contribution in [0.3, 0.4) is 0 Å². The lowest BCUT2D eigenvalue weighted by Gasteiger charge is -2.26. The number of carbonyl (C=O) groups is 3. The Balaban J connectivity index is 2.01. The predicted molar refractivity (Wildman–Crippen MR) is 104 cm³/mol. The second kappa shape index (κ2) is 8.39. The summed E-state index contributed by atoms with van der Waals surface area (Å²) in [4.78, 5) is 38.4. The first-order valence-electron chi connectivity index (χ1n) is 8.82. The van der Waals surface area contributed by atoms with Gasteiger partial charge in [0.2, 0.25) is 0 Å². The van der Waals surface area contributed by atoms with Crippen LogP contribution in [0.5, 0.6) is 11.5 Å². The SMILES string of the molecule is CCCOc1cc(OC)ccc1/C=C1\C(=O)NC(=O)N(c2ccccc2)C1=O. The summed E-state index contributed by atoms with van der Waals surface area (Å²) in [7, 11) is 1.54. The summed E-state index contributed by atoms with van der Waals surface area (Å²) in [5.41, 5.74) is 0.755. The lowest BCUT2D eigenvalue weighted by atomic mass is 10.1. The van der Waals surface area contributed by atoms with Crippen molar-refractivity contribution in [1.82, 2.24) is 5.32 Å². The first-order valence-corrected chi connectivity index (χ1v) is 8.82. The lowest BCUT2D eigenvalue weighted by molar-refractivity contribution is -0.122. The van der Waals surface area contributed by atoms with Crippen LogP contribution < -0.4 is 19.7 Å². The molecule has 0 radical (unpaired) electrons. The highest BCUT2D eigenvalue weighted by Crippen LogP contribution is 2.29. The highest BCUT2D eigenvalue weighted by atomic mass is 16.5. The van der Waals surface area contributed by atoms with Crippen molar-refractivity contribution in [3.05, 3.63) is 59.7 Å². The Labute approximate surface area is 162 Å². The number of imide groups is 2. The monoisotopic (exact) mass is 380 g/mol. The Kier molecular flexibility index (Phi) is 5.74. The van der Waals surface area contributed by atoms with E-state index < -0.39 is 17.8 Å². The molecule has 7 heteroatoms. The normalized spacial score (nSPS) is 15.6. The number of benzene rings is 2. The van der Waals surface area contributed by atoms with Gasteiger partial charge in [-0.15, -0.1) is 0 Å². The number of barbiturate groups is 1. The summed E-state index contributed by atoms with van der Waals surface area (Å²) in [6, 6.07) is 12.7. The lowest BCUT2D eigenvalue weighted by Crippen LogP contribution is -2.54. The number of methoxy groups -OCH3 is 1. The Morgan fingerprint density at radius 1 is 1.07 bits per heavy atom. The molecular weight excluding hydrogens is 360 g/mol. The standard InChI is InChI=1S/C21H20N2O5/c1-3-11-28-18-13-16(27-2)10-9-14(18)12-17-19(24)22-21(26)23(20(17)25)15-7-5-4-6-8-15/h4-10,12-13H,3,11H2,1-2H3,(H,22,24,26)/b17-12+. The van der Waals surface area contributed by atoms with Gasteiger partial charge in [-0.2, -0.15) is 0 Å². The molecule has 28 heavy (non-hydrogen) atoms. The fraction of sp³-hybridized carbons (Fsp3) is 0.190. The number of hydrogen-bond donors (Lipinski definition) is 1. The van der Waals surface area contributed by atoms with E-state index in [2.05, 4.69) is 5.32 Å². The van der Waals surface area contributed by atoms with E-state index >= 15 is 0 Å². The van der Waals surface area contributed by atoms with Crippen molar-refractivity contribution < 1.29 is 23.9 Å². The minimum atomic E-state index is -0.782. The van der Waals surface area contributed by atoms with Crippen LogP contribution in [-0.4, -0.2) is 31.6 Å². The van der Waals surface area contributed by atoms with E-state index in [9.17, 15) is 14.4 Å². The molecule has 1 heterocycles. The molecule has 1 aliphatic heterocycles. The van der Waals surface area contributed by atoms with Gasteiger partial charge in [-0.1, -0.05) is 25.1 Å². The molecule has 0 saturated carbocycles. The molecule has 0 bridgehead atoms. The van der Waals surface area contributed by atoms with Gasteiger partial charge < -0.3 is 9.47 Å². The molecule has 0 atom stereocenters. The number of anilines is 1. The molecule has 2 aromatic carbocycles. The second-order valence-electron chi connectivity index (χ2n) is 6.05. The smallest absolute Gasteiger partial charge is 0.335 e. The summed E-state index contributed by atoms with van der Waals surface area (Å²) in [5.74, 6) is -0.372. The van der Waals surface area contributed by atoms with Gasteiger partial charge in [-0.3, -0.25) is 14.9 Å². The van der Waals surface area contributed by atoms with E-state index in [1.807, 2.05) is 6.92 Å². The summed E-state index contributed by atoms with van der Waals surface area (Å²) < 4.78 is 10.9. The summed E-state index contributed by atoms with van der Waals surface area (Å²) in [5, 5.41) is 2.21. The molecule has 144 valence electrons. The summed E-state index contributed by atoms with van der Waals surface area (Å²) >= 11 is 0. The Morgan fingerprint density at radius 2 is 1.82 bits per heavy atom. The zero-order valence-electron chi connectivity index (χ0n) is 15.6. The number of rotatable bonds is 6. The number of nitrogens with zero attached hydrogens (tertiary/aromatic N) is 1. The minimum absolute atomic E-state index is 0.157. The number of amides is 4. The maximum absolute atomic E-state index is 12.9. The predicted octanol–water partition coefficient (Wildman–Crippen LogP) is 3.15. The molecule has 3 rings (SSSR count). The van der Waals surface area contributed by atoms with Gasteiger partial charge in [-0.05, 0) is 36.8 Å². The van der Waals surface area contributed by atoms with Gasteiger partial charge in [0.25, 0.3) is 11.8 Å². The third-order valence-electron chi connectivity index (χ3n) is 4.10. The van der Waals surface area contributed by atoms with Crippen LogP contribution in [0.2, 0.25) is 0 Å². The summed E-state index contributed by atoms with van der Waals surface area (Å²) in [6.45, 7) is 2.44. The first-order chi connectivity index (χ1) is 13.5. The third kappa shape index (κ3) is 3.88. The van der Waals surface area contributed by atoms with Crippen molar-refractivity contribution in [2.45, 2.75) is 13.3 Å². The Bertz CT molecular complexity index is 937. The molecule has 1 N–H and O–H groups in total. The largest absolute Gasteiger partial charge is 0.497 e. The van der Waals surface area contributed by atoms with E-state index in [4.69, 9.17) is 9.47 Å². The first kappa shape index (κ1) is 19.2. The van der Waals surface area contributed by atoms with Crippen LogP contribution in [-0.2, 0) is 9.59 Å². The third-order valence-corrected chi connectivity index (χ3v) is 4.10. The number of carbonyl (C=O) groups excluding carboxylic acids is 3. The maximum atomic E-state index is 12.9. The van der Waals surface area contributed by atoms with Crippen molar-refractivity contribution in [3.63, 3.8) is 0 Å². The molecule has 7 nitrogen and oxygen atoms in total. The number of para-hydroxylation sites is 1. The van der Waals surface area contributed by atoms with Crippen LogP contribution in [0.15, 0.2) is 54.1 Å². The van der Waals surface area contributed by atoms with E-state index in [-0.39, 0.29) is 5.57 Å². The van der Waals surface area contributed by atoms with Crippen molar-refractivity contribution in [2.24, 2.45) is 0 Å². The van der Waals surface area contributed by atoms with Crippen LogP contribution >= 0.6 is 0 Å². The van der Waals surface area contributed by atoms with Crippen LogP contribution in [0.1, 0.15) is 18.9 Å². The molecule has 0 spiro atoms. The van der Waals surface area contributed by atoms with E-state index in [0.29, 0.717) is 29.4 Å². The zero-order chi connectivity index (χ0) is 20.1. The van der Waals surface area contributed by atoms with E-state index in [1.54, 1.807) is 55.6 Å². The molecule has 1 saturated heterocycles. The van der Waals surface area contributed by atoms with E-state index in [1.165, 1.54) is 6.08 Å². The molecule has 2 aromatic rings. The second-order valence-corrected chi connectivity index (χ2v) is 6.05. The molecule has 1 fully saturated rings. The quantitative estimate of drug-likeness (QED) is 0.615. The summed E-state index contributed by atoms with van der Waals surface area (Å²) in [6.07, 6.45) is 2.22. The average Bonchev–Trinajstić information content (AvgIpc) is 2.70. The van der Waals surface area contributed by atoms with Crippen molar-refractivity contribution >= 4 is 29.6 Å². The van der Waals surface area contributed by atoms with Crippen LogP contribution in [0.4, 0.5) is 10.5 Å². The molecule has 0 unspecified atom stereocenters. The van der Waals surface area contributed by atoms with Gasteiger partial charge in [0, 0.05) is 11.6 Å². The van der Waals surface area contributed by atoms with Crippen LogP contribution in [0, 0.1) is 0 Å². The zero-order valence-corrected chi connectivity index (χ0v) is 15.6. The van der Waals surface area contributed by atoms with Gasteiger partial charge in [-0.25, -0.2) is 9.69 Å². The number of hydrogen-bond acceptors (Lipinski definition) is 5. The fourth-order valence-electron chi connectivity index (χ4n) is 2.72. The highest BCUT2D eigenvalue weighted by Gasteiger charge is 2.36. The molecule has 0 aliphatic carbocycles. The maximum Gasteiger partial charge on any atom is 0.335 e.